The predicted molar refractivity (Wildman–Crippen MR) is 76.4 cm³/mol. The van der Waals surface area contributed by atoms with Gasteiger partial charge in [-0.2, -0.15) is 0 Å². The van der Waals surface area contributed by atoms with E-state index < -0.39 is 11.6 Å². The first-order valence-electron chi connectivity index (χ1n) is 6.79. The SMILES string of the molecule is CCC(C)(CO)NC(=O)C1CC(c2ccccc2)=NO1. The Balaban J connectivity index is 1.96. The molecule has 2 atom stereocenters. The van der Waals surface area contributed by atoms with E-state index in [-0.39, 0.29) is 12.5 Å². The summed E-state index contributed by atoms with van der Waals surface area (Å²) in [5.41, 5.74) is 1.12. The summed E-state index contributed by atoms with van der Waals surface area (Å²) in [6.07, 6.45) is 0.470. The number of aliphatic hydroxyl groups is 1. The van der Waals surface area contributed by atoms with Crippen LogP contribution in [0.4, 0.5) is 0 Å². The molecule has 1 heterocycles. The van der Waals surface area contributed by atoms with Crippen molar-refractivity contribution in [1.29, 1.82) is 0 Å². The van der Waals surface area contributed by atoms with E-state index >= 15 is 0 Å². The van der Waals surface area contributed by atoms with Crippen molar-refractivity contribution >= 4 is 11.6 Å². The molecule has 5 heteroatoms. The molecule has 1 aliphatic rings. The Morgan fingerprint density at radius 1 is 1.50 bits per heavy atom. The summed E-state index contributed by atoms with van der Waals surface area (Å²) in [7, 11) is 0. The molecule has 0 saturated heterocycles. The Morgan fingerprint density at radius 2 is 2.20 bits per heavy atom. The molecule has 2 N–H and O–H groups in total. The average Bonchev–Trinajstić information content (AvgIpc) is 2.98. The molecule has 108 valence electrons. The van der Waals surface area contributed by atoms with E-state index in [0.717, 1.165) is 11.3 Å². The number of hydrogen-bond donors (Lipinski definition) is 2. The van der Waals surface area contributed by atoms with Gasteiger partial charge in [-0.25, -0.2) is 0 Å². The molecule has 5 nitrogen and oxygen atoms in total. The summed E-state index contributed by atoms with van der Waals surface area (Å²) in [5.74, 6) is -0.238. The zero-order valence-corrected chi connectivity index (χ0v) is 11.8. The highest BCUT2D eigenvalue weighted by atomic mass is 16.6. The van der Waals surface area contributed by atoms with Crippen LogP contribution in [0.1, 0.15) is 32.3 Å². The summed E-state index contributed by atoms with van der Waals surface area (Å²) < 4.78 is 0. The van der Waals surface area contributed by atoms with Crippen LogP contribution in [0.2, 0.25) is 0 Å². The molecule has 0 bridgehead atoms. The Bertz CT molecular complexity index is 495. The van der Waals surface area contributed by atoms with Crippen LogP contribution >= 0.6 is 0 Å². The lowest BCUT2D eigenvalue weighted by molar-refractivity contribution is -0.133. The van der Waals surface area contributed by atoms with Gasteiger partial charge in [0.15, 0.2) is 0 Å². The van der Waals surface area contributed by atoms with Gasteiger partial charge in [0.2, 0.25) is 6.10 Å². The molecule has 1 aromatic carbocycles. The van der Waals surface area contributed by atoms with Crippen molar-refractivity contribution in [2.45, 2.75) is 38.3 Å². The number of benzene rings is 1. The molecule has 2 unspecified atom stereocenters. The van der Waals surface area contributed by atoms with Gasteiger partial charge >= 0.3 is 0 Å². The van der Waals surface area contributed by atoms with E-state index in [4.69, 9.17) is 4.84 Å². The molecular formula is C15H20N2O3. The number of rotatable bonds is 5. The van der Waals surface area contributed by atoms with Crippen LogP contribution in [0, 0.1) is 0 Å². The van der Waals surface area contributed by atoms with Crippen LogP contribution in [0.3, 0.4) is 0 Å². The van der Waals surface area contributed by atoms with E-state index in [9.17, 15) is 9.90 Å². The van der Waals surface area contributed by atoms with Gasteiger partial charge in [-0.1, -0.05) is 42.4 Å². The fourth-order valence-electron chi connectivity index (χ4n) is 1.94. The lowest BCUT2D eigenvalue weighted by atomic mass is 9.99. The van der Waals surface area contributed by atoms with Crippen molar-refractivity contribution in [3.05, 3.63) is 35.9 Å². The average molecular weight is 276 g/mol. The molecule has 0 radical (unpaired) electrons. The molecule has 0 aliphatic carbocycles. The molecule has 1 aliphatic heterocycles. The van der Waals surface area contributed by atoms with Gasteiger partial charge in [-0.15, -0.1) is 0 Å². The monoisotopic (exact) mass is 276 g/mol. The number of oxime groups is 1. The number of hydrogen-bond acceptors (Lipinski definition) is 4. The second-order valence-electron chi connectivity index (χ2n) is 5.26. The predicted octanol–water partition coefficient (Wildman–Crippen LogP) is 1.46. The maximum absolute atomic E-state index is 12.1. The topological polar surface area (TPSA) is 70.9 Å². The van der Waals surface area contributed by atoms with Gasteiger partial charge in [0.25, 0.3) is 5.91 Å². The summed E-state index contributed by atoms with van der Waals surface area (Å²) in [4.78, 5) is 17.3. The van der Waals surface area contributed by atoms with Crippen LogP contribution in [-0.4, -0.2) is 35.0 Å². The largest absolute Gasteiger partial charge is 0.394 e. The zero-order chi connectivity index (χ0) is 14.6. The van der Waals surface area contributed by atoms with Crippen molar-refractivity contribution in [1.82, 2.24) is 5.32 Å². The van der Waals surface area contributed by atoms with Gasteiger partial charge in [0.1, 0.15) is 0 Å². The van der Waals surface area contributed by atoms with Gasteiger partial charge in [-0.05, 0) is 18.9 Å². The fraction of sp³-hybridized carbons (Fsp3) is 0.467. The first kappa shape index (κ1) is 14.5. The number of carbonyl (C=O) groups excluding carboxylic acids is 1. The minimum Gasteiger partial charge on any atom is -0.394 e. The second kappa shape index (κ2) is 6.05. The molecule has 0 aromatic heterocycles. The van der Waals surface area contributed by atoms with Crippen LogP contribution in [0.15, 0.2) is 35.5 Å². The third-order valence-corrected chi connectivity index (χ3v) is 3.62. The summed E-state index contributed by atoms with van der Waals surface area (Å²) >= 11 is 0. The highest BCUT2D eigenvalue weighted by Gasteiger charge is 2.33. The molecule has 0 saturated carbocycles. The molecule has 0 spiro atoms. The zero-order valence-electron chi connectivity index (χ0n) is 11.8. The van der Waals surface area contributed by atoms with Crippen molar-refractivity contribution in [3.8, 4) is 0 Å². The van der Waals surface area contributed by atoms with Gasteiger partial charge in [0.05, 0.1) is 17.9 Å². The lowest BCUT2D eigenvalue weighted by Crippen LogP contribution is -2.51. The van der Waals surface area contributed by atoms with E-state index in [1.165, 1.54) is 0 Å². The van der Waals surface area contributed by atoms with E-state index in [1.54, 1.807) is 6.92 Å². The van der Waals surface area contributed by atoms with Gasteiger partial charge < -0.3 is 15.3 Å². The summed E-state index contributed by atoms with van der Waals surface area (Å²) in [6, 6.07) is 9.65. The van der Waals surface area contributed by atoms with Crippen LogP contribution < -0.4 is 5.32 Å². The van der Waals surface area contributed by atoms with Crippen LogP contribution in [0.5, 0.6) is 0 Å². The quantitative estimate of drug-likeness (QED) is 0.855. The van der Waals surface area contributed by atoms with E-state index in [2.05, 4.69) is 10.5 Å². The summed E-state index contributed by atoms with van der Waals surface area (Å²) in [5, 5.41) is 16.1. The Hall–Kier alpha value is -1.88. The van der Waals surface area contributed by atoms with Gasteiger partial charge in [0, 0.05) is 6.42 Å². The van der Waals surface area contributed by atoms with E-state index in [0.29, 0.717) is 12.8 Å². The fourth-order valence-corrected chi connectivity index (χ4v) is 1.94. The lowest BCUT2D eigenvalue weighted by Gasteiger charge is -2.28. The number of aliphatic hydroxyl groups excluding tert-OH is 1. The molecular weight excluding hydrogens is 256 g/mol. The third-order valence-electron chi connectivity index (χ3n) is 3.62. The maximum Gasteiger partial charge on any atom is 0.264 e. The second-order valence-corrected chi connectivity index (χ2v) is 5.26. The van der Waals surface area contributed by atoms with Crippen LogP contribution in [-0.2, 0) is 9.63 Å². The van der Waals surface area contributed by atoms with Gasteiger partial charge in [-0.3, -0.25) is 4.79 Å². The first-order valence-corrected chi connectivity index (χ1v) is 6.79. The third kappa shape index (κ3) is 3.17. The van der Waals surface area contributed by atoms with Crippen molar-refractivity contribution < 1.29 is 14.7 Å². The molecule has 2 rings (SSSR count). The van der Waals surface area contributed by atoms with Crippen molar-refractivity contribution in [2.24, 2.45) is 5.16 Å². The summed E-state index contributed by atoms with van der Waals surface area (Å²) in [6.45, 7) is 3.62. The maximum atomic E-state index is 12.1. The number of nitrogens with zero attached hydrogens (tertiary/aromatic N) is 1. The van der Waals surface area contributed by atoms with Crippen LogP contribution in [0.25, 0.3) is 0 Å². The Morgan fingerprint density at radius 3 is 2.80 bits per heavy atom. The highest BCUT2D eigenvalue weighted by Crippen LogP contribution is 2.18. The minimum atomic E-state index is -0.623. The molecule has 0 fully saturated rings. The first-order chi connectivity index (χ1) is 9.58. The molecule has 1 aromatic rings. The Kier molecular flexibility index (Phi) is 4.39. The molecule has 20 heavy (non-hydrogen) atoms. The van der Waals surface area contributed by atoms with Crippen molar-refractivity contribution in [3.63, 3.8) is 0 Å². The molecule has 1 amide bonds. The van der Waals surface area contributed by atoms with Crippen molar-refractivity contribution in [2.75, 3.05) is 6.61 Å². The highest BCUT2D eigenvalue weighted by molar-refractivity contribution is 6.04. The smallest absolute Gasteiger partial charge is 0.264 e. The number of carbonyl (C=O) groups is 1. The Labute approximate surface area is 118 Å². The number of nitrogens with one attached hydrogen (secondary N) is 1. The number of amides is 1. The standard InChI is InChI=1S/C15H20N2O3/c1-3-15(2,10-18)16-14(19)13-9-12(17-20-13)11-7-5-4-6-8-11/h4-8,13,18H,3,9-10H2,1-2H3,(H,16,19). The normalized spacial score (nSPS) is 20.8. The van der Waals surface area contributed by atoms with E-state index in [1.807, 2.05) is 37.3 Å². The minimum absolute atomic E-state index is 0.103.